The molecule has 1 atom stereocenters. The fraction of sp³-hybridized carbons (Fsp3) is 0.333. The molecule has 0 unspecified atom stereocenters. The Morgan fingerprint density at radius 1 is 1.31 bits per heavy atom. The Hall–Kier alpha value is -1.08. The largest absolute Gasteiger partial charge is 0.310 e. The molecule has 1 aliphatic rings. The molecule has 1 saturated heterocycles. The fourth-order valence-corrected chi connectivity index (χ4v) is 1.74. The van der Waals surface area contributed by atoms with Gasteiger partial charge in [-0.05, 0) is 25.5 Å². The molecule has 2 rings (SSSR count). The van der Waals surface area contributed by atoms with E-state index in [2.05, 4.69) is 48.6 Å². The summed E-state index contributed by atoms with van der Waals surface area (Å²) in [7, 11) is 0. The summed E-state index contributed by atoms with van der Waals surface area (Å²) in [5, 5.41) is 3.42. The van der Waals surface area contributed by atoms with Gasteiger partial charge in [0.05, 0.1) is 0 Å². The van der Waals surface area contributed by atoms with E-state index in [0.29, 0.717) is 6.04 Å². The molecule has 0 aliphatic carbocycles. The van der Waals surface area contributed by atoms with E-state index >= 15 is 0 Å². The van der Waals surface area contributed by atoms with E-state index in [1.165, 1.54) is 17.6 Å². The molecule has 0 aromatic heterocycles. The van der Waals surface area contributed by atoms with Gasteiger partial charge in [0.15, 0.2) is 0 Å². The molecule has 1 fully saturated rings. The minimum Gasteiger partial charge on any atom is -0.310 e. The quantitative estimate of drug-likeness (QED) is 0.688. The van der Waals surface area contributed by atoms with E-state index < -0.39 is 0 Å². The minimum atomic E-state index is 0.556. The second kappa shape index (κ2) is 3.75. The Morgan fingerprint density at radius 2 is 2.08 bits per heavy atom. The van der Waals surface area contributed by atoms with Gasteiger partial charge in [-0.25, -0.2) is 0 Å². The predicted octanol–water partition coefficient (Wildman–Crippen LogP) is 2.45. The van der Waals surface area contributed by atoms with Gasteiger partial charge in [-0.15, -0.1) is 0 Å². The first-order valence-corrected chi connectivity index (χ1v) is 4.85. The van der Waals surface area contributed by atoms with Crippen LogP contribution in [-0.4, -0.2) is 12.6 Å². The molecule has 1 heterocycles. The number of nitrogens with one attached hydrogen (secondary N) is 1. The van der Waals surface area contributed by atoms with E-state index in [9.17, 15) is 0 Å². The van der Waals surface area contributed by atoms with Crippen molar-refractivity contribution in [1.82, 2.24) is 5.32 Å². The maximum absolute atomic E-state index is 3.42. The van der Waals surface area contributed by atoms with Crippen molar-refractivity contribution in [3.63, 3.8) is 0 Å². The molecular weight excluding hydrogens is 158 g/mol. The normalized spacial score (nSPS) is 25.3. The summed E-state index contributed by atoms with van der Waals surface area (Å²) in [6, 6.07) is 11.1. The molecule has 1 aliphatic heterocycles. The summed E-state index contributed by atoms with van der Waals surface area (Å²) >= 11 is 0. The topological polar surface area (TPSA) is 12.0 Å². The molecule has 0 spiro atoms. The van der Waals surface area contributed by atoms with E-state index in [-0.39, 0.29) is 0 Å². The third kappa shape index (κ3) is 1.99. The molecule has 1 heteroatoms. The van der Waals surface area contributed by atoms with Gasteiger partial charge in [0.1, 0.15) is 0 Å². The van der Waals surface area contributed by atoms with Crippen molar-refractivity contribution >= 4 is 6.08 Å². The zero-order valence-electron chi connectivity index (χ0n) is 7.96. The third-order valence-electron chi connectivity index (χ3n) is 2.57. The average Bonchev–Trinajstić information content (AvgIpc) is 2.54. The zero-order valence-corrected chi connectivity index (χ0v) is 7.96. The highest BCUT2D eigenvalue weighted by atomic mass is 14.9. The molecule has 1 aromatic carbocycles. The van der Waals surface area contributed by atoms with Crippen LogP contribution in [0.5, 0.6) is 0 Å². The predicted molar refractivity (Wildman–Crippen MR) is 56.5 cm³/mol. The summed E-state index contributed by atoms with van der Waals surface area (Å²) in [6.07, 6.45) is 3.49. The SMILES string of the molecule is C[C@H]1NCC/C1=C\c1ccccc1. The van der Waals surface area contributed by atoms with Gasteiger partial charge in [-0.2, -0.15) is 0 Å². The molecular formula is C12H15N. The van der Waals surface area contributed by atoms with Crippen LogP contribution in [0.2, 0.25) is 0 Å². The lowest BCUT2D eigenvalue weighted by molar-refractivity contribution is 0.722. The summed E-state index contributed by atoms with van der Waals surface area (Å²) in [5.74, 6) is 0. The standard InChI is InChI=1S/C12H15N/c1-10-12(7-8-13-10)9-11-5-3-2-4-6-11/h2-6,9-10,13H,7-8H2,1H3/b12-9+/t10-/m1/s1. The van der Waals surface area contributed by atoms with E-state index in [4.69, 9.17) is 0 Å². The first kappa shape index (κ1) is 8.52. The van der Waals surface area contributed by atoms with E-state index in [1.54, 1.807) is 0 Å². The van der Waals surface area contributed by atoms with Crippen LogP contribution < -0.4 is 5.32 Å². The summed E-state index contributed by atoms with van der Waals surface area (Å²) in [4.78, 5) is 0. The first-order valence-electron chi connectivity index (χ1n) is 4.85. The third-order valence-corrected chi connectivity index (χ3v) is 2.57. The molecule has 0 bridgehead atoms. The second-order valence-corrected chi connectivity index (χ2v) is 3.56. The van der Waals surface area contributed by atoms with Crippen LogP contribution in [0.4, 0.5) is 0 Å². The number of benzene rings is 1. The van der Waals surface area contributed by atoms with Crippen LogP contribution in [0.25, 0.3) is 6.08 Å². The molecule has 0 radical (unpaired) electrons. The Morgan fingerprint density at radius 3 is 2.69 bits per heavy atom. The van der Waals surface area contributed by atoms with Crippen molar-refractivity contribution in [3.05, 3.63) is 41.5 Å². The van der Waals surface area contributed by atoms with Crippen molar-refractivity contribution in [2.24, 2.45) is 0 Å². The van der Waals surface area contributed by atoms with Gasteiger partial charge in [0.25, 0.3) is 0 Å². The van der Waals surface area contributed by atoms with Gasteiger partial charge >= 0.3 is 0 Å². The van der Waals surface area contributed by atoms with Crippen LogP contribution in [0.15, 0.2) is 35.9 Å². The summed E-state index contributed by atoms with van der Waals surface area (Å²) in [6.45, 7) is 3.35. The lowest BCUT2D eigenvalue weighted by Gasteiger charge is -2.04. The summed E-state index contributed by atoms with van der Waals surface area (Å²) in [5.41, 5.74) is 2.83. The Balaban J connectivity index is 2.20. The monoisotopic (exact) mass is 173 g/mol. The Kier molecular flexibility index (Phi) is 2.46. The smallest absolute Gasteiger partial charge is 0.0255 e. The first-order chi connectivity index (χ1) is 6.36. The highest BCUT2D eigenvalue weighted by Crippen LogP contribution is 2.17. The highest BCUT2D eigenvalue weighted by Gasteiger charge is 2.14. The number of hydrogen-bond acceptors (Lipinski definition) is 1. The minimum absolute atomic E-state index is 0.556. The van der Waals surface area contributed by atoms with Crippen molar-refractivity contribution in [1.29, 1.82) is 0 Å². The second-order valence-electron chi connectivity index (χ2n) is 3.56. The van der Waals surface area contributed by atoms with Crippen molar-refractivity contribution in [2.45, 2.75) is 19.4 Å². The Bertz CT molecular complexity index is 300. The number of rotatable bonds is 1. The van der Waals surface area contributed by atoms with Gasteiger partial charge in [-0.3, -0.25) is 0 Å². The molecule has 1 nitrogen and oxygen atoms in total. The molecule has 13 heavy (non-hydrogen) atoms. The maximum atomic E-state index is 3.42. The Labute approximate surface area is 79.5 Å². The van der Waals surface area contributed by atoms with Crippen LogP contribution in [0.3, 0.4) is 0 Å². The van der Waals surface area contributed by atoms with Crippen LogP contribution in [0, 0.1) is 0 Å². The molecule has 68 valence electrons. The fourth-order valence-electron chi connectivity index (χ4n) is 1.74. The van der Waals surface area contributed by atoms with Crippen molar-refractivity contribution < 1.29 is 0 Å². The van der Waals surface area contributed by atoms with Gasteiger partial charge < -0.3 is 5.32 Å². The van der Waals surface area contributed by atoms with Gasteiger partial charge in [-0.1, -0.05) is 42.0 Å². The van der Waals surface area contributed by atoms with E-state index in [1.807, 2.05) is 0 Å². The zero-order chi connectivity index (χ0) is 9.10. The van der Waals surface area contributed by atoms with Crippen molar-refractivity contribution in [2.75, 3.05) is 6.54 Å². The number of hydrogen-bond donors (Lipinski definition) is 1. The lowest BCUT2D eigenvalue weighted by atomic mass is 10.1. The highest BCUT2D eigenvalue weighted by molar-refractivity contribution is 5.54. The molecule has 0 saturated carbocycles. The maximum Gasteiger partial charge on any atom is 0.0255 e. The van der Waals surface area contributed by atoms with E-state index in [0.717, 1.165) is 6.54 Å². The lowest BCUT2D eigenvalue weighted by Crippen LogP contribution is -2.17. The molecule has 0 amide bonds. The summed E-state index contributed by atoms with van der Waals surface area (Å²) < 4.78 is 0. The van der Waals surface area contributed by atoms with Crippen LogP contribution in [-0.2, 0) is 0 Å². The van der Waals surface area contributed by atoms with Crippen LogP contribution >= 0.6 is 0 Å². The van der Waals surface area contributed by atoms with Gasteiger partial charge in [0.2, 0.25) is 0 Å². The van der Waals surface area contributed by atoms with Crippen molar-refractivity contribution in [3.8, 4) is 0 Å². The van der Waals surface area contributed by atoms with Gasteiger partial charge in [0, 0.05) is 6.04 Å². The molecule has 1 aromatic rings. The average molecular weight is 173 g/mol. The van der Waals surface area contributed by atoms with Crippen LogP contribution in [0.1, 0.15) is 18.9 Å². The molecule has 1 N–H and O–H groups in total.